The largest absolute Gasteiger partial charge is 0.326 e. The van der Waals surface area contributed by atoms with E-state index in [2.05, 4.69) is 4.90 Å². The first-order valence-corrected chi connectivity index (χ1v) is 7.96. The van der Waals surface area contributed by atoms with E-state index in [0.717, 1.165) is 5.56 Å². The van der Waals surface area contributed by atoms with Crippen LogP contribution in [0.4, 0.5) is 4.39 Å². The summed E-state index contributed by atoms with van der Waals surface area (Å²) in [6, 6.07) is 7.11. The zero-order valence-electron chi connectivity index (χ0n) is 12.2. The van der Waals surface area contributed by atoms with Crippen LogP contribution in [0, 0.1) is 5.82 Å². The van der Waals surface area contributed by atoms with Crippen LogP contribution in [0.5, 0.6) is 0 Å². The Morgan fingerprint density at radius 2 is 1.75 bits per heavy atom. The quantitative estimate of drug-likeness (QED) is 0.915. The van der Waals surface area contributed by atoms with Crippen LogP contribution in [0.3, 0.4) is 0 Å². The van der Waals surface area contributed by atoms with Crippen LogP contribution in [-0.4, -0.2) is 29.6 Å². The molecule has 1 heterocycles. The summed E-state index contributed by atoms with van der Waals surface area (Å²) >= 11 is 0. The summed E-state index contributed by atoms with van der Waals surface area (Å²) in [7, 11) is 0. The summed E-state index contributed by atoms with van der Waals surface area (Å²) in [5.41, 5.74) is 7.48. The first kappa shape index (κ1) is 14.0. The Morgan fingerprint density at radius 3 is 2.40 bits per heavy atom. The summed E-state index contributed by atoms with van der Waals surface area (Å²) in [5.74, 6) is -0.113. The average molecular weight is 276 g/mol. The molecule has 1 aromatic rings. The lowest BCUT2D eigenvalue weighted by Crippen LogP contribution is -2.58. The fourth-order valence-electron chi connectivity index (χ4n) is 4.16. The Morgan fingerprint density at radius 1 is 1.10 bits per heavy atom. The van der Waals surface area contributed by atoms with Gasteiger partial charge in [0.05, 0.1) is 0 Å². The monoisotopic (exact) mass is 276 g/mol. The molecule has 1 aliphatic heterocycles. The van der Waals surface area contributed by atoms with Crippen molar-refractivity contribution in [3.05, 3.63) is 35.6 Å². The molecule has 2 fully saturated rings. The predicted molar refractivity (Wildman–Crippen MR) is 80.1 cm³/mol. The molecule has 2 aliphatic rings. The number of benzene rings is 1. The SMILES string of the molecule is NC(Cc1ccccc1F)C1(N2CCCC2)CCCC1. The second-order valence-corrected chi connectivity index (χ2v) is 6.41. The molecule has 0 aromatic heterocycles. The number of nitrogens with two attached hydrogens (primary N) is 1. The van der Waals surface area contributed by atoms with E-state index in [1.807, 2.05) is 12.1 Å². The minimum absolute atomic E-state index is 0.0417. The fourth-order valence-corrected chi connectivity index (χ4v) is 4.16. The molecule has 2 nitrogen and oxygen atoms in total. The Hall–Kier alpha value is -0.930. The Kier molecular flexibility index (Phi) is 4.08. The highest BCUT2D eigenvalue weighted by molar-refractivity contribution is 5.20. The highest BCUT2D eigenvalue weighted by Crippen LogP contribution is 2.40. The maximum absolute atomic E-state index is 13.9. The first-order chi connectivity index (χ1) is 9.72. The van der Waals surface area contributed by atoms with Gasteiger partial charge in [0, 0.05) is 11.6 Å². The average Bonchev–Trinajstić information content (AvgIpc) is 3.12. The molecular weight excluding hydrogens is 251 g/mol. The van der Waals surface area contributed by atoms with Crippen molar-refractivity contribution in [1.82, 2.24) is 4.90 Å². The van der Waals surface area contributed by atoms with Crippen molar-refractivity contribution in [3.8, 4) is 0 Å². The van der Waals surface area contributed by atoms with E-state index < -0.39 is 0 Å². The van der Waals surface area contributed by atoms with Crippen LogP contribution in [0.25, 0.3) is 0 Å². The summed E-state index contributed by atoms with van der Waals surface area (Å²) in [6.45, 7) is 2.34. The van der Waals surface area contributed by atoms with Gasteiger partial charge in [-0.25, -0.2) is 4.39 Å². The molecule has 3 heteroatoms. The molecule has 1 saturated heterocycles. The third-order valence-electron chi connectivity index (χ3n) is 5.29. The van der Waals surface area contributed by atoms with Gasteiger partial charge in [0.2, 0.25) is 0 Å². The van der Waals surface area contributed by atoms with E-state index in [9.17, 15) is 4.39 Å². The van der Waals surface area contributed by atoms with Gasteiger partial charge in [-0.05, 0) is 56.8 Å². The van der Waals surface area contributed by atoms with Crippen LogP contribution in [0.1, 0.15) is 44.1 Å². The molecule has 1 aliphatic carbocycles. The molecule has 0 amide bonds. The van der Waals surface area contributed by atoms with Crippen molar-refractivity contribution >= 4 is 0 Å². The molecule has 1 unspecified atom stereocenters. The molecule has 1 saturated carbocycles. The van der Waals surface area contributed by atoms with Crippen LogP contribution in [-0.2, 0) is 6.42 Å². The maximum Gasteiger partial charge on any atom is 0.126 e. The summed E-state index contributed by atoms with van der Waals surface area (Å²) in [5, 5.41) is 0. The van der Waals surface area contributed by atoms with Crippen LogP contribution in [0.2, 0.25) is 0 Å². The van der Waals surface area contributed by atoms with Gasteiger partial charge in [-0.1, -0.05) is 31.0 Å². The zero-order valence-corrected chi connectivity index (χ0v) is 12.2. The normalized spacial score (nSPS) is 24.1. The van der Waals surface area contributed by atoms with E-state index in [1.54, 1.807) is 12.1 Å². The molecule has 1 atom stereocenters. The van der Waals surface area contributed by atoms with Crippen LogP contribution < -0.4 is 5.73 Å². The Labute approximate surface area is 121 Å². The number of hydrogen-bond donors (Lipinski definition) is 1. The number of nitrogens with zero attached hydrogens (tertiary/aromatic N) is 1. The minimum atomic E-state index is -0.113. The molecule has 110 valence electrons. The molecule has 0 radical (unpaired) electrons. The molecule has 3 rings (SSSR count). The van der Waals surface area contributed by atoms with Crippen molar-refractivity contribution < 1.29 is 4.39 Å². The van der Waals surface area contributed by atoms with Crippen molar-refractivity contribution in [1.29, 1.82) is 0 Å². The van der Waals surface area contributed by atoms with Gasteiger partial charge in [0.15, 0.2) is 0 Å². The number of hydrogen-bond acceptors (Lipinski definition) is 2. The second-order valence-electron chi connectivity index (χ2n) is 6.41. The third kappa shape index (κ3) is 2.49. The van der Waals surface area contributed by atoms with Gasteiger partial charge in [-0.2, -0.15) is 0 Å². The molecule has 0 spiro atoms. The Balaban J connectivity index is 1.79. The number of halogens is 1. The predicted octanol–water partition coefficient (Wildman–Crippen LogP) is 3.10. The highest BCUT2D eigenvalue weighted by Gasteiger charge is 2.45. The van der Waals surface area contributed by atoms with Crippen molar-refractivity contribution in [2.45, 2.75) is 56.5 Å². The summed E-state index contributed by atoms with van der Waals surface area (Å²) in [4.78, 5) is 2.60. The summed E-state index contributed by atoms with van der Waals surface area (Å²) < 4.78 is 13.9. The lowest BCUT2D eigenvalue weighted by atomic mass is 9.83. The van der Waals surface area contributed by atoms with Crippen molar-refractivity contribution in [2.75, 3.05) is 13.1 Å². The molecular formula is C17H25FN2. The lowest BCUT2D eigenvalue weighted by molar-refractivity contribution is 0.0918. The molecule has 2 N–H and O–H groups in total. The van der Waals surface area contributed by atoms with Crippen LogP contribution in [0.15, 0.2) is 24.3 Å². The number of likely N-dealkylation sites (tertiary alicyclic amines) is 1. The second kappa shape index (κ2) is 5.82. The highest BCUT2D eigenvalue weighted by atomic mass is 19.1. The first-order valence-electron chi connectivity index (χ1n) is 7.96. The molecule has 0 bridgehead atoms. The minimum Gasteiger partial charge on any atom is -0.326 e. The fraction of sp³-hybridized carbons (Fsp3) is 0.647. The van der Waals surface area contributed by atoms with Crippen molar-refractivity contribution in [2.24, 2.45) is 5.73 Å². The number of rotatable bonds is 4. The van der Waals surface area contributed by atoms with E-state index in [0.29, 0.717) is 6.42 Å². The smallest absolute Gasteiger partial charge is 0.126 e. The Bertz CT molecular complexity index is 448. The zero-order chi connectivity index (χ0) is 14.0. The van der Waals surface area contributed by atoms with Gasteiger partial charge in [0.25, 0.3) is 0 Å². The molecule has 1 aromatic carbocycles. The van der Waals surface area contributed by atoms with Gasteiger partial charge in [0.1, 0.15) is 5.82 Å². The van der Waals surface area contributed by atoms with E-state index >= 15 is 0 Å². The van der Waals surface area contributed by atoms with Crippen LogP contribution >= 0.6 is 0 Å². The molecule has 20 heavy (non-hydrogen) atoms. The van der Waals surface area contributed by atoms with Crippen molar-refractivity contribution in [3.63, 3.8) is 0 Å². The topological polar surface area (TPSA) is 29.3 Å². The van der Waals surface area contributed by atoms with E-state index in [-0.39, 0.29) is 17.4 Å². The van der Waals surface area contributed by atoms with E-state index in [1.165, 1.54) is 51.6 Å². The van der Waals surface area contributed by atoms with E-state index in [4.69, 9.17) is 5.73 Å². The van der Waals surface area contributed by atoms with Gasteiger partial charge in [-0.15, -0.1) is 0 Å². The maximum atomic E-state index is 13.9. The lowest BCUT2D eigenvalue weighted by Gasteiger charge is -2.43. The van der Waals surface area contributed by atoms with Gasteiger partial charge < -0.3 is 5.73 Å². The summed E-state index contributed by atoms with van der Waals surface area (Å²) in [6.07, 6.45) is 8.12. The van der Waals surface area contributed by atoms with Gasteiger partial charge >= 0.3 is 0 Å². The third-order valence-corrected chi connectivity index (χ3v) is 5.29. The standard InChI is InChI=1S/C17H25FN2/c18-15-8-2-1-7-14(15)13-16(19)17(9-3-4-10-17)20-11-5-6-12-20/h1-2,7-8,16H,3-6,9-13,19H2. The van der Waals surface area contributed by atoms with Gasteiger partial charge in [-0.3, -0.25) is 4.90 Å².